The molecule has 2 aromatic rings. The smallest absolute Gasteiger partial charge is 0.329 e. The van der Waals surface area contributed by atoms with E-state index in [9.17, 15) is 14.4 Å². The van der Waals surface area contributed by atoms with Crippen LogP contribution in [0.5, 0.6) is 5.75 Å². The van der Waals surface area contributed by atoms with E-state index in [4.69, 9.17) is 32.7 Å². The summed E-state index contributed by atoms with van der Waals surface area (Å²) in [5.41, 5.74) is 3.21. The molecule has 0 aliphatic carbocycles. The molecule has 1 heterocycles. The molecule has 0 radical (unpaired) electrons. The van der Waals surface area contributed by atoms with Gasteiger partial charge in [0.05, 0.1) is 12.3 Å². The van der Waals surface area contributed by atoms with Crippen molar-refractivity contribution >= 4 is 52.8 Å². The summed E-state index contributed by atoms with van der Waals surface area (Å²) >= 11 is 11.8. The summed E-state index contributed by atoms with van der Waals surface area (Å²) in [6, 6.07) is 11.4. The van der Waals surface area contributed by atoms with Gasteiger partial charge < -0.3 is 20.1 Å². The predicted molar refractivity (Wildman–Crippen MR) is 125 cm³/mol. The molecule has 1 aliphatic heterocycles. The Hall–Kier alpha value is -3.14. The first kappa shape index (κ1) is 24.5. The lowest BCUT2D eigenvalue weighted by molar-refractivity contribution is -0.139. The molecule has 0 spiro atoms. The first-order valence-electron chi connectivity index (χ1n) is 10.1. The minimum atomic E-state index is -0.880. The predicted octanol–water partition coefficient (Wildman–Crippen LogP) is 2.76. The zero-order chi connectivity index (χ0) is 23.6. The number of hydrogen-bond acceptors (Lipinski definition) is 6. The first-order chi connectivity index (χ1) is 15.9. The molecule has 0 aromatic heterocycles. The third kappa shape index (κ3) is 8.38. The number of hydrazone groups is 1. The van der Waals surface area contributed by atoms with Crippen molar-refractivity contribution in [3.05, 3.63) is 58.1 Å². The van der Waals surface area contributed by atoms with E-state index in [1.165, 1.54) is 6.21 Å². The van der Waals surface area contributed by atoms with E-state index in [2.05, 4.69) is 21.2 Å². The second-order valence-electron chi connectivity index (χ2n) is 7.11. The fourth-order valence-corrected chi connectivity index (χ4v) is 3.49. The molecular formula is C22H22Cl2N4O5. The molecule has 174 valence electrons. The largest absolute Gasteiger partial charge is 0.484 e. The van der Waals surface area contributed by atoms with E-state index < -0.39 is 17.7 Å². The van der Waals surface area contributed by atoms with E-state index in [1.807, 2.05) is 0 Å². The molecular weight excluding hydrogens is 471 g/mol. The van der Waals surface area contributed by atoms with Gasteiger partial charge in [0.2, 0.25) is 0 Å². The summed E-state index contributed by atoms with van der Waals surface area (Å²) in [6.45, 7) is 0.709. The van der Waals surface area contributed by atoms with Crippen LogP contribution in [0.4, 0.5) is 5.69 Å². The second kappa shape index (κ2) is 12.2. The molecule has 3 rings (SSSR count). The molecule has 3 N–H and O–H groups in total. The van der Waals surface area contributed by atoms with Gasteiger partial charge in [-0.25, -0.2) is 5.43 Å². The van der Waals surface area contributed by atoms with Gasteiger partial charge >= 0.3 is 11.8 Å². The number of carbonyl (C=O) groups excluding carboxylic acids is 3. The van der Waals surface area contributed by atoms with E-state index >= 15 is 0 Å². The van der Waals surface area contributed by atoms with Crippen LogP contribution in [0.3, 0.4) is 0 Å². The van der Waals surface area contributed by atoms with E-state index in [0.29, 0.717) is 33.7 Å². The lowest BCUT2D eigenvalue weighted by atomic mass is 10.2. The molecule has 0 saturated carbocycles. The van der Waals surface area contributed by atoms with Gasteiger partial charge in [-0.2, -0.15) is 5.10 Å². The Balaban J connectivity index is 1.43. The maximum absolute atomic E-state index is 12.1. The molecule has 11 heteroatoms. The maximum Gasteiger partial charge on any atom is 0.329 e. The van der Waals surface area contributed by atoms with Crippen LogP contribution >= 0.6 is 23.2 Å². The van der Waals surface area contributed by atoms with Gasteiger partial charge in [0, 0.05) is 28.9 Å². The molecule has 0 bridgehead atoms. The molecule has 33 heavy (non-hydrogen) atoms. The number of ether oxygens (including phenoxy) is 2. The van der Waals surface area contributed by atoms with E-state index in [1.54, 1.807) is 42.5 Å². The van der Waals surface area contributed by atoms with Crippen molar-refractivity contribution in [2.45, 2.75) is 18.9 Å². The van der Waals surface area contributed by atoms with Crippen molar-refractivity contribution in [1.82, 2.24) is 10.7 Å². The van der Waals surface area contributed by atoms with Crippen LogP contribution in [0.25, 0.3) is 0 Å². The van der Waals surface area contributed by atoms with Crippen molar-refractivity contribution < 1.29 is 23.9 Å². The van der Waals surface area contributed by atoms with Crippen LogP contribution < -0.4 is 20.8 Å². The van der Waals surface area contributed by atoms with Crippen molar-refractivity contribution in [2.24, 2.45) is 5.10 Å². The quantitative estimate of drug-likeness (QED) is 0.297. The monoisotopic (exact) mass is 492 g/mol. The number of nitrogens with one attached hydrogen (secondary N) is 3. The van der Waals surface area contributed by atoms with Gasteiger partial charge in [-0.15, -0.1) is 0 Å². The van der Waals surface area contributed by atoms with Crippen LogP contribution in [0.2, 0.25) is 10.0 Å². The Morgan fingerprint density at radius 1 is 1.12 bits per heavy atom. The van der Waals surface area contributed by atoms with E-state index in [-0.39, 0.29) is 19.3 Å². The number of rotatable bonds is 8. The Labute approximate surface area is 200 Å². The summed E-state index contributed by atoms with van der Waals surface area (Å²) < 4.78 is 10.9. The average molecular weight is 493 g/mol. The Bertz CT molecular complexity index is 1020. The van der Waals surface area contributed by atoms with Gasteiger partial charge in [-0.05, 0) is 48.7 Å². The molecule has 1 saturated heterocycles. The highest BCUT2D eigenvalue weighted by molar-refractivity contribution is 6.35. The second-order valence-corrected chi connectivity index (χ2v) is 7.98. The lowest BCUT2D eigenvalue weighted by Gasteiger charge is -2.09. The summed E-state index contributed by atoms with van der Waals surface area (Å²) in [5, 5.41) is 9.73. The number of carbonyl (C=O) groups is 3. The van der Waals surface area contributed by atoms with Crippen LogP contribution in [-0.2, 0) is 19.1 Å². The summed E-state index contributed by atoms with van der Waals surface area (Å²) in [4.78, 5) is 35.7. The molecule has 1 atom stereocenters. The highest BCUT2D eigenvalue weighted by Gasteiger charge is 2.18. The molecule has 3 amide bonds. The van der Waals surface area contributed by atoms with Crippen LogP contribution in [0.1, 0.15) is 18.4 Å². The highest BCUT2D eigenvalue weighted by atomic mass is 35.5. The Morgan fingerprint density at radius 2 is 1.91 bits per heavy atom. The molecule has 2 aromatic carbocycles. The topological polar surface area (TPSA) is 118 Å². The average Bonchev–Trinajstić information content (AvgIpc) is 3.29. The minimum absolute atomic E-state index is 0.0571. The van der Waals surface area contributed by atoms with Gasteiger partial charge in [-0.3, -0.25) is 14.4 Å². The van der Waals surface area contributed by atoms with Crippen molar-refractivity contribution in [3.63, 3.8) is 0 Å². The molecule has 1 aliphatic rings. The number of hydrogen-bond donors (Lipinski definition) is 3. The fraction of sp³-hybridized carbons (Fsp3) is 0.273. The number of halogens is 2. The SMILES string of the molecule is O=C(COc1cccc(/C=N\NC(=O)C(=O)NC[C@H]2CCCO2)c1)Nc1cc(Cl)cc(Cl)c1. The number of anilines is 1. The summed E-state index contributed by atoms with van der Waals surface area (Å²) in [7, 11) is 0. The Morgan fingerprint density at radius 3 is 2.64 bits per heavy atom. The zero-order valence-corrected chi connectivity index (χ0v) is 19.0. The van der Waals surface area contributed by atoms with Crippen LogP contribution in [0.15, 0.2) is 47.6 Å². The van der Waals surface area contributed by atoms with Crippen LogP contribution in [-0.4, -0.2) is 49.8 Å². The first-order valence-corrected chi connectivity index (χ1v) is 10.9. The number of amides is 3. The van der Waals surface area contributed by atoms with Crippen LogP contribution in [0, 0.1) is 0 Å². The number of nitrogens with zero attached hydrogens (tertiary/aromatic N) is 1. The minimum Gasteiger partial charge on any atom is -0.484 e. The zero-order valence-electron chi connectivity index (χ0n) is 17.5. The molecule has 9 nitrogen and oxygen atoms in total. The van der Waals surface area contributed by atoms with Crippen molar-refractivity contribution in [2.75, 3.05) is 25.1 Å². The van der Waals surface area contributed by atoms with Crippen molar-refractivity contribution in [1.29, 1.82) is 0 Å². The maximum atomic E-state index is 12.1. The molecule has 0 unspecified atom stereocenters. The van der Waals surface area contributed by atoms with E-state index in [0.717, 1.165) is 12.8 Å². The summed E-state index contributed by atoms with van der Waals surface area (Å²) in [6.07, 6.45) is 3.10. The van der Waals surface area contributed by atoms with Gasteiger partial charge in [-0.1, -0.05) is 35.3 Å². The summed E-state index contributed by atoms with van der Waals surface area (Å²) in [5.74, 6) is -1.64. The number of benzene rings is 2. The highest BCUT2D eigenvalue weighted by Crippen LogP contribution is 2.22. The normalized spacial score (nSPS) is 15.3. The van der Waals surface area contributed by atoms with Gasteiger partial charge in [0.15, 0.2) is 6.61 Å². The van der Waals surface area contributed by atoms with Crippen molar-refractivity contribution in [3.8, 4) is 5.75 Å². The van der Waals surface area contributed by atoms with Gasteiger partial charge in [0.25, 0.3) is 5.91 Å². The lowest BCUT2D eigenvalue weighted by Crippen LogP contribution is -2.41. The molecule has 1 fully saturated rings. The third-order valence-electron chi connectivity index (χ3n) is 4.47. The Kier molecular flexibility index (Phi) is 9.05. The fourth-order valence-electron chi connectivity index (χ4n) is 2.96. The van der Waals surface area contributed by atoms with Gasteiger partial charge in [0.1, 0.15) is 5.75 Å². The standard InChI is InChI=1S/C22H22Cl2N4O5/c23-15-8-16(24)10-17(9-15)27-20(29)13-33-18-4-1-3-14(7-18)11-26-28-22(31)21(30)25-12-19-5-2-6-32-19/h1,3-4,7-11,19H,2,5-6,12-13H2,(H,25,30)(H,27,29)(H,28,31)/b26-11-/t19-/m1/s1. The third-order valence-corrected chi connectivity index (χ3v) is 4.91.